The first-order valence-electron chi connectivity index (χ1n) is 17.7. The Morgan fingerprint density at radius 3 is 2.36 bits per heavy atom. The molecule has 50 heavy (non-hydrogen) atoms. The second-order valence-corrected chi connectivity index (χ2v) is 14.9. The predicted octanol–water partition coefficient (Wildman–Crippen LogP) is 6.28. The van der Waals surface area contributed by atoms with Crippen molar-refractivity contribution in [1.82, 2.24) is 24.7 Å². The van der Waals surface area contributed by atoms with Crippen molar-refractivity contribution < 1.29 is 23.1 Å². The van der Waals surface area contributed by atoms with E-state index in [-0.39, 0.29) is 29.7 Å². The normalized spacial score (nSPS) is 20.3. The van der Waals surface area contributed by atoms with Gasteiger partial charge < -0.3 is 24.4 Å². The Kier molecular flexibility index (Phi) is 13.8. The molecule has 3 aromatic rings. The third kappa shape index (κ3) is 11.6. The largest absolute Gasteiger partial charge is 0.459 e. The second kappa shape index (κ2) is 17.8. The first kappa shape index (κ1) is 38.8. The smallest absolute Gasteiger partial charge is 0.320 e. The summed E-state index contributed by atoms with van der Waals surface area (Å²) in [7, 11) is 3.96. The number of piperidine rings is 2. The topological polar surface area (TPSA) is 96.8 Å². The number of aryl methyl sites for hydroxylation is 1. The molecule has 11 heteroatoms. The van der Waals surface area contributed by atoms with Gasteiger partial charge in [0.05, 0.1) is 24.6 Å². The molecule has 2 aliphatic heterocycles. The van der Waals surface area contributed by atoms with Crippen LogP contribution in [0, 0.1) is 17.0 Å². The number of benzene rings is 2. The summed E-state index contributed by atoms with van der Waals surface area (Å²) in [4.78, 5) is 42.6. The van der Waals surface area contributed by atoms with Crippen molar-refractivity contribution in [2.45, 2.75) is 89.8 Å². The lowest BCUT2D eigenvalue weighted by atomic mass is 9.79. The number of halogens is 2. The Bertz CT molecular complexity index is 1600. The summed E-state index contributed by atoms with van der Waals surface area (Å²) < 4.78 is 34.3. The number of carbonyl (C=O) groups is 2. The molecular weight excluding hydrogens is 640 g/mol. The molecule has 9 nitrogen and oxygen atoms in total. The van der Waals surface area contributed by atoms with Crippen LogP contribution in [0.4, 0.5) is 8.78 Å². The molecule has 3 aliphatic rings. The Morgan fingerprint density at radius 1 is 1.02 bits per heavy atom. The van der Waals surface area contributed by atoms with Gasteiger partial charge in [-0.05, 0) is 96.5 Å². The molecule has 1 spiro atoms. The Balaban J connectivity index is 0.000000187. The van der Waals surface area contributed by atoms with Gasteiger partial charge in [0.1, 0.15) is 17.2 Å². The third-order valence-corrected chi connectivity index (χ3v) is 9.62. The van der Waals surface area contributed by atoms with Crippen LogP contribution in [0.15, 0.2) is 65.7 Å². The molecule has 6 rings (SSSR count). The van der Waals surface area contributed by atoms with Gasteiger partial charge in [0, 0.05) is 43.4 Å². The molecule has 1 aliphatic carbocycles. The fourth-order valence-electron chi connectivity index (χ4n) is 7.19. The summed E-state index contributed by atoms with van der Waals surface area (Å²) in [5.41, 5.74) is 1.99. The van der Waals surface area contributed by atoms with Crippen LogP contribution >= 0.6 is 0 Å². The zero-order valence-electron chi connectivity index (χ0n) is 30.2. The van der Waals surface area contributed by atoms with E-state index in [2.05, 4.69) is 22.2 Å². The molecule has 0 radical (unpaired) electrons. The number of hydrogen-bond acceptors (Lipinski definition) is 7. The van der Waals surface area contributed by atoms with E-state index in [0.717, 1.165) is 29.2 Å². The van der Waals surface area contributed by atoms with Crippen molar-refractivity contribution in [3.63, 3.8) is 0 Å². The maximum Gasteiger partial charge on any atom is 0.320 e. The Hall–Kier alpha value is -3.96. The molecule has 1 amide bonds. The molecular formula is C39H53F2N5O4. The minimum atomic E-state index is -0.571. The first-order chi connectivity index (χ1) is 23.8. The van der Waals surface area contributed by atoms with Crippen LogP contribution in [0.2, 0.25) is 0 Å². The van der Waals surface area contributed by atoms with Gasteiger partial charge in [-0.25, -0.2) is 13.8 Å². The monoisotopic (exact) mass is 693 g/mol. The van der Waals surface area contributed by atoms with Crippen molar-refractivity contribution in [3.05, 3.63) is 88.5 Å². The zero-order chi connectivity index (χ0) is 36.3. The van der Waals surface area contributed by atoms with Crippen molar-refractivity contribution in [2.24, 2.45) is 12.5 Å². The first-order valence-corrected chi connectivity index (χ1v) is 17.7. The fourth-order valence-corrected chi connectivity index (χ4v) is 7.19. The summed E-state index contributed by atoms with van der Waals surface area (Å²) in [5, 5.41) is 3.09. The van der Waals surface area contributed by atoms with E-state index in [9.17, 15) is 23.2 Å². The average molecular weight is 694 g/mol. The van der Waals surface area contributed by atoms with E-state index in [4.69, 9.17) is 4.74 Å². The van der Waals surface area contributed by atoms with Gasteiger partial charge in [-0.3, -0.25) is 14.4 Å². The molecule has 1 unspecified atom stereocenters. The van der Waals surface area contributed by atoms with Crippen LogP contribution in [0.3, 0.4) is 0 Å². The SMILES string of the molecule is CC(C)(C)OC(=O)CNC1CCN(C=O)[C@H](c2cc(F)ccc2F)C1.CN1CCCC2(CCCC2)C1.Cn1cnc(-c2ccccc2)cc1=O. The van der Waals surface area contributed by atoms with Crippen LogP contribution < -0.4 is 10.9 Å². The van der Waals surface area contributed by atoms with Gasteiger partial charge in [-0.2, -0.15) is 0 Å². The third-order valence-electron chi connectivity index (χ3n) is 9.62. The lowest BCUT2D eigenvalue weighted by Crippen LogP contribution is -2.46. The summed E-state index contributed by atoms with van der Waals surface area (Å²) in [5.74, 6) is -1.48. The number of esters is 1. The van der Waals surface area contributed by atoms with Gasteiger partial charge in [-0.15, -0.1) is 0 Å². The highest BCUT2D eigenvalue weighted by Gasteiger charge is 2.36. The van der Waals surface area contributed by atoms with E-state index in [0.29, 0.717) is 31.5 Å². The number of ether oxygens (including phenoxy) is 1. The molecule has 1 N–H and O–H groups in total. The van der Waals surface area contributed by atoms with Gasteiger partial charge in [0.15, 0.2) is 0 Å². The van der Waals surface area contributed by atoms with Crippen molar-refractivity contribution in [1.29, 1.82) is 0 Å². The number of hydrogen-bond donors (Lipinski definition) is 1. The molecule has 2 atom stereocenters. The highest BCUT2D eigenvalue weighted by molar-refractivity contribution is 5.72. The highest BCUT2D eigenvalue weighted by Crippen LogP contribution is 2.44. The molecule has 2 saturated heterocycles. The quantitative estimate of drug-likeness (QED) is 0.240. The standard InChI is InChI=1S/C18H24F2N2O3.C11H10N2O.C10H19N/c1-18(2,3)25-17(24)10-21-13-6-7-22(11-23)16(9-13)14-8-12(19)4-5-15(14)20;1-13-8-12-10(7-11(13)14)9-5-3-2-4-6-9;1-11-8-4-7-10(9-11)5-2-3-6-10/h4-5,8,11,13,16,21H,6-7,9-10H2,1-3H3;2-8H,1H3;2-9H2,1H3/t13?,16-;;/m0../s1. The van der Waals surface area contributed by atoms with Crippen LogP contribution in [-0.2, 0) is 21.4 Å². The van der Waals surface area contributed by atoms with Crippen LogP contribution in [0.5, 0.6) is 0 Å². The lowest BCUT2D eigenvalue weighted by Gasteiger charge is -2.38. The molecule has 1 saturated carbocycles. The summed E-state index contributed by atoms with van der Waals surface area (Å²) >= 11 is 0. The number of likely N-dealkylation sites (tertiary alicyclic amines) is 2. The minimum Gasteiger partial charge on any atom is -0.459 e. The highest BCUT2D eigenvalue weighted by atomic mass is 19.1. The van der Waals surface area contributed by atoms with E-state index < -0.39 is 23.3 Å². The van der Waals surface area contributed by atoms with E-state index in [1.807, 2.05) is 30.3 Å². The van der Waals surface area contributed by atoms with E-state index >= 15 is 0 Å². The maximum atomic E-state index is 14.1. The fraction of sp³-hybridized carbons (Fsp3) is 0.538. The number of aromatic nitrogens is 2. The minimum absolute atomic E-state index is 0.0291. The molecule has 2 aromatic carbocycles. The Morgan fingerprint density at radius 2 is 1.72 bits per heavy atom. The summed E-state index contributed by atoms with van der Waals surface area (Å²) in [6.07, 6.45) is 12.2. The van der Waals surface area contributed by atoms with Gasteiger partial charge >= 0.3 is 5.97 Å². The van der Waals surface area contributed by atoms with Crippen LogP contribution in [0.1, 0.15) is 83.7 Å². The second-order valence-electron chi connectivity index (χ2n) is 14.9. The number of nitrogens with zero attached hydrogens (tertiary/aromatic N) is 4. The number of rotatable bonds is 6. The lowest BCUT2D eigenvalue weighted by molar-refractivity contribution is -0.154. The molecule has 1 aromatic heterocycles. The molecule has 272 valence electrons. The van der Waals surface area contributed by atoms with Crippen LogP contribution in [0.25, 0.3) is 11.3 Å². The van der Waals surface area contributed by atoms with Gasteiger partial charge in [0.25, 0.3) is 5.56 Å². The zero-order valence-corrected chi connectivity index (χ0v) is 30.2. The Labute approximate surface area is 295 Å². The van der Waals surface area contributed by atoms with E-state index in [1.165, 1.54) is 73.5 Å². The number of nitrogens with one attached hydrogen (secondary N) is 1. The number of carbonyl (C=O) groups excluding carboxylic acids is 2. The maximum absolute atomic E-state index is 14.1. The summed E-state index contributed by atoms with van der Waals surface area (Å²) in [6.45, 7) is 8.51. The van der Waals surface area contributed by atoms with Gasteiger partial charge in [0.2, 0.25) is 6.41 Å². The predicted molar refractivity (Wildman–Crippen MR) is 191 cm³/mol. The number of amides is 1. The average Bonchev–Trinajstić information content (AvgIpc) is 3.53. The van der Waals surface area contributed by atoms with Crippen molar-refractivity contribution in [3.8, 4) is 11.3 Å². The van der Waals surface area contributed by atoms with Crippen molar-refractivity contribution in [2.75, 3.05) is 33.2 Å². The molecule has 3 fully saturated rings. The van der Waals surface area contributed by atoms with Crippen LogP contribution in [-0.4, -0.2) is 76.6 Å². The molecule has 3 heterocycles. The molecule has 0 bridgehead atoms. The van der Waals surface area contributed by atoms with Gasteiger partial charge in [-0.1, -0.05) is 43.2 Å². The van der Waals surface area contributed by atoms with Crippen molar-refractivity contribution >= 4 is 12.4 Å². The summed E-state index contributed by atoms with van der Waals surface area (Å²) in [6, 6.07) is 13.7. The van der Waals surface area contributed by atoms with E-state index in [1.54, 1.807) is 27.8 Å².